The monoisotopic (exact) mass is 580 g/mol. The lowest BCUT2D eigenvalue weighted by molar-refractivity contribution is -0.143. The van der Waals surface area contributed by atoms with E-state index in [0.717, 1.165) is 29.0 Å². The fraction of sp³-hybridized carbons (Fsp3) is 0.333. The van der Waals surface area contributed by atoms with Crippen LogP contribution in [0.3, 0.4) is 0 Å². The van der Waals surface area contributed by atoms with E-state index in [1.807, 2.05) is 85.1 Å². The summed E-state index contributed by atoms with van der Waals surface area (Å²) in [7, 11) is 0. The van der Waals surface area contributed by atoms with E-state index >= 15 is 0 Å². The quantitative estimate of drug-likeness (QED) is 0.432. The Morgan fingerprint density at radius 3 is 2.40 bits per heavy atom. The Balaban J connectivity index is 1.26. The van der Waals surface area contributed by atoms with Gasteiger partial charge in [0.2, 0.25) is 17.7 Å². The zero-order valence-electron chi connectivity index (χ0n) is 23.4. The number of para-hydroxylation sites is 2. The lowest BCUT2D eigenvalue weighted by atomic mass is 9.76. The average molecular weight is 581 g/mol. The number of carbonyl (C=O) groups excluding carboxylic acids is 4. The van der Waals surface area contributed by atoms with Crippen LogP contribution in [0, 0.1) is 11.8 Å². The van der Waals surface area contributed by atoms with Crippen molar-refractivity contribution in [2.45, 2.75) is 31.0 Å². The van der Waals surface area contributed by atoms with Gasteiger partial charge in [0.15, 0.2) is 0 Å². The van der Waals surface area contributed by atoms with Crippen LogP contribution in [0.25, 0.3) is 0 Å². The number of carbonyl (C=O) groups is 4. The summed E-state index contributed by atoms with van der Waals surface area (Å²) >= 11 is 1.67. The maximum atomic E-state index is 14.7. The molecule has 0 aromatic heterocycles. The van der Waals surface area contributed by atoms with Crippen molar-refractivity contribution in [1.29, 1.82) is 0 Å². The number of thioether (sulfide) groups is 1. The number of nitrogens with one attached hydrogen (secondary N) is 1. The second kappa shape index (κ2) is 10.4. The van der Waals surface area contributed by atoms with Gasteiger partial charge >= 0.3 is 0 Å². The Hall–Kier alpha value is -3.95. The molecule has 0 aliphatic carbocycles. The summed E-state index contributed by atoms with van der Waals surface area (Å²) in [5.41, 5.74) is 2.71. The van der Waals surface area contributed by atoms with Crippen molar-refractivity contribution >= 4 is 46.8 Å². The van der Waals surface area contributed by atoms with Crippen molar-refractivity contribution in [2.75, 3.05) is 34.9 Å². The standard InChI is InChI=1S/C33H32N4O4S/c1-42-18-16-24-28-29(31(40)37(30(28)39)19-21-9-3-2-4-10-21)33(34-24)23-12-6-8-14-26(23)36(32(33)41)20-27(38)35-17-15-22-11-5-7-13-25(22)35/h2-14,24,28-29,34H,15-20H2,1H3/t24-,28-,29+,33+/m1/s1. The number of amides is 4. The van der Waals surface area contributed by atoms with Crippen LogP contribution in [0.1, 0.15) is 23.1 Å². The maximum Gasteiger partial charge on any atom is 0.253 e. The van der Waals surface area contributed by atoms with Crippen molar-refractivity contribution in [3.63, 3.8) is 0 Å². The molecular weight excluding hydrogens is 548 g/mol. The van der Waals surface area contributed by atoms with Gasteiger partial charge in [-0.15, -0.1) is 0 Å². The molecule has 1 spiro atoms. The van der Waals surface area contributed by atoms with Crippen molar-refractivity contribution in [3.05, 3.63) is 95.6 Å². The molecule has 2 saturated heterocycles. The molecule has 2 fully saturated rings. The lowest BCUT2D eigenvalue weighted by Gasteiger charge is -2.31. The molecule has 0 radical (unpaired) electrons. The number of benzene rings is 3. The molecule has 0 unspecified atom stereocenters. The highest BCUT2D eigenvalue weighted by Crippen LogP contribution is 2.55. The van der Waals surface area contributed by atoms with Gasteiger partial charge in [0.1, 0.15) is 12.1 Å². The Kier molecular flexibility index (Phi) is 6.66. The molecule has 0 bridgehead atoms. The van der Waals surface area contributed by atoms with E-state index in [1.165, 1.54) is 9.80 Å². The van der Waals surface area contributed by atoms with E-state index in [0.29, 0.717) is 24.2 Å². The van der Waals surface area contributed by atoms with Gasteiger partial charge in [-0.2, -0.15) is 11.8 Å². The normalized spacial score (nSPS) is 25.9. The molecule has 4 atom stereocenters. The van der Waals surface area contributed by atoms with E-state index < -0.39 is 17.4 Å². The van der Waals surface area contributed by atoms with Gasteiger partial charge in [-0.25, -0.2) is 0 Å². The number of hydrogen-bond acceptors (Lipinski definition) is 6. The van der Waals surface area contributed by atoms with Gasteiger partial charge in [-0.3, -0.25) is 29.4 Å². The molecule has 1 N–H and O–H groups in total. The number of imide groups is 1. The smallest absolute Gasteiger partial charge is 0.253 e. The van der Waals surface area contributed by atoms with Crippen molar-refractivity contribution in [2.24, 2.45) is 11.8 Å². The molecule has 4 aliphatic rings. The van der Waals surface area contributed by atoms with E-state index in [-0.39, 0.29) is 42.8 Å². The van der Waals surface area contributed by atoms with Crippen molar-refractivity contribution in [1.82, 2.24) is 10.2 Å². The van der Waals surface area contributed by atoms with Crippen LogP contribution in [0.2, 0.25) is 0 Å². The van der Waals surface area contributed by atoms with Crippen LogP contribution < -0.4 is 15.1 Å². The number of hydrogen-bond donors (Lipinski definition) is 1. The minimum absolute atomic E-state index is 0.143. The fourth-order valence-corrected chi connectivity index (χ4v) is 7.89. The number of rotatable bonds is 7. The molecule has 4 amide bonds. The average Bonchev–Trinajstić information content (AvgIpc) is 3.72. The molecule has 8 nitrogen and oxygen atoms in total. The van der Waals surface area contributed by atoms with Crippen molar-refractivity contribution < 1.29 is 19.2 Å². The highest BCUT2D eigenvalue weighted by Gasteiger charge is 2.71. The summed E-state index contributed by atoms with van der Waals surface area (Å²) in [6, 6.07) is 24.3. The first-order valence-corrected chi connectivity index (χ1v) is 15.8. The number of fused-ring (bicyclic) bond motifs is 5. The Labute approximate surface area is 249 Å². The molecule has 3 aromatic rings. The first-order valence-electron chi connectivity index (χ1n) is 14.4. The molecule has 9 heteroatoms. The largest absolute Gasteiger partial charge is 0.310 e. The van der Waals surface area contributed by atoms with Crippen LogP contribution in [-0.2, 0) is 37.7 Å². The summed E-state index contributed by atoms with van der Waals surface area (Å²) in [6.07, 6.45) is 3.42. The van der Waals surface area contributed by atoms with Crippen LogP contribution in [0.4, 0.5) is 11.4 Å². The van der Waals surface area contributed by atoms with Crippen LogP contribution in [0.15, 0.2) is 78.9 Å². The molecule has 4 aliphatic heterocycles. The second-order valence-corrected chi connectivity index (χ2v) is 12.4. The number of anilines is 2. The minimum atomic E-state index is -1.41. The first kappa shape index (κ1) is 26.9. The summed E-state index contributed by atoms with van der Waals surface area (Å²) < 4.78 is 0. The van der Waals surface area contributed by atoms with E-state index in [4.69, 9.17) is 0 Å². The maximum absolute atomic E-state index is 14.7. The van der Waals surface area contributed by atoms with Gasteiger partial charge in [0.25, 0.3) is 5.91 Å². The molecule has 3 aromatic carbocycles. The van der Waals surface area contributed by atoms with Gasteiger partial charge in [0, 0.05) is 29.5 Å². The fourth-order valence-electron chi connectivity index (χ4n) is 7.40. The molecule has 214 valence electrons. The third-order valence-corrected chi connectivity index (χ3v) is 9.90. The minimum Gasteiger partial charge on any atom is -0.310 e. The highest BCUT2D eigenvalue weighted by molar-refractivity contribution is 7.98. The SMILES string of the molecule is CSCC[C@H]1N[C@]2(C(=O)N(CC(=O)N3CCc4ccccc43)c3ccccc32)[C@@H]2C(=O)N(Cc3ccccc3)C(=O)[C@@H]21. The summed E-state index contributed by atoms with van der Waals surface area (Å²) in [4.78, 5) is 61.2. The third-order valence-electron chi connectivity index (χ3n) is 9.26. The lowest BCUT2D eigenvalue weighted by Crippen LogP contribution is -2.56. The van der Waals surface area contributed by atoms with E-state index in [9.17, 15) is 19.2 Å². The molecular formula is C33H32N4O4S. The summed E-state index contributed by atoms with van der Waals surface area (Å²) in [5.74, 6) is -1.85. The van der Waals surface area contributed by atoms with Gasteiger partial charge in [-0.05, 0) is 48.1 Å². The van der Waals surface area contributed by atoms with Crippen LogP contribution in [0.5, 0.6) is 0 Å². The molecule has 7 rings (SSSR count). The number of nitrogens with zero attached hydrogens (tertiary/aromatic N) is 3. The van der Waals surface area contributed by atoms with E-state index in [2.05, 4.69) is 5.32 Å². The zero-order valence-corrected chi connectivity index (χ0v) is 24.2. The van der Waals surface area contributed by atoms with Crippen molar-refractivity contribution in [3.8, 4) is 0 Å². The second-order valence-electron chi connectivity index (χ2n) is 11.4. The third kappa shape index (κ3) is 3.94. The van der Waals surface area contributed by atoms with Crippen LogP contribution in [-0.4, -0.2) is 59.7 Å². The van der Waals surface area contributed by atoms with E-state index in [1.54, 1.807) is 16.7 Å². The van der Waals surface area contributed by atoms with Crippen LogP contribution >= 0.6 is 11.8 Å². The zero-order chi connectivity index (χ0) is 29.0. The number of likely N-dealkylation sites (tertiary alicyclic amines) is 1. The summed E-state index contributed by atoms with van der Waals surface area (Å²) in [6.45, 7) is 0.591. The predicted octanol–water partition coefficient (Wildman–Crippen LogP) is 3.34. The Bertz CT molecular complexity index is 1600. The summed E-state index contributed by atoms with van der Waals surface area (Å²) in [5, 5.41) is 3.55. The molecule has 42 heavy (non-hydrogen) atoms. The topological polar surface area (TPSA) is 90.0 Å². The van der Waals surface area contributed by atoms with Gasteiger partial charge < -0.3 is 9.80 Å². The molecule has 0 saturated carbocycles. The Morgan fingerprint density at radius 2 is 1.62 bits per heavy atom. The first-order chi connectivity index (χ1) is 20.5. The Morgan fingerprint density at radius 1 is 0.905 bits per heavy atom. The predicted molar refractivity (Wildman–Crippen MR) is 162 cm³/mol. The van der Waals surface area contributed by atoms with Gasteiger partial charge in [-0.1, -0.05) is 66.7 Å². The molecule has 4 heterocycles. The highest BCUT2D eigenvalue weighted by atomic mass is 32.2. The van der Waals surface area contributed by atoms with Gasteiger partial charge in [0.05, 0.1) is 18.4 Å².